The fraction of sp³-hybridized carbons (Fsp3) is 0.222. The standard InChI is InChI=1S/C18H18N2O5S/c1-13(18(22)19-11-10-16-3-2-12-26-16)25-17(21)9-6-14-4-7-15(8-5-14)20(23)24/h2-9,12-13H,10-11H2,1H3,(H,19,22)/b9-6+/t13-/m1/s1. The summed E-state index contributed by atoms with van der Waals surface area (Å²) in [5.74, 6) is -1.03. The minimum Gasteiger partial charge on any atom is -0.449 e. The van der Waals surface area contributed by atoms with Crippen LogP contribution in [0.25, 0.3) is 6.08 Å². The van der Waals surface area contributed by atoms with Crippen LogP contribution in [0, 0.1) is 10.1 Å². The Morgan fingerprint density at radius 1 is 1.31 bits per heavy atom. The molecule has 1 aromatic carbocycles. The highest BCUT2D eigenvalue weighted by atomic mass is 32.1. The molecule has 0 unspecified atom stereocenters. The lowest BCUT2D eigenvalue weighted by Crippen LogP contribution is -2.36. The van der Waals surface area contributed by atoms with E-state index in [1.165, 1.54) is 48.2 Å². The maximum atomic E-state index is 11.9. The van der Waals surface area contributed by atoms with Gasteiger partial charge in [-0.05, 0) is 48.6 Å². The molecule has 1 heterocycles. The predicted molar refractivity (Wildman–Crippen MR) is 98.7 cm³/mol. The van der Waals surface area contributed by atoms with Crippen LogP contribution >= 0.6 is 11.3 Å². The molecule has 0 aliphatic carbocycles. The number of carbonyl (C=O) groups is 2. The Balaban J connectivity index is 1.76. The Morgan fingerprint density at radius 3 is 2.65 bits per heavy atom. The molecule has 0 aliphatic rings. The third-order valence-electron chi connectivity index (χ3n) is 3.43. The number of hydrogen-bond acceptors (Lipinski definition) is 6. The highest BCUT2D eigenvalue weighted by Gasteiger charge is 2.15. The Morgan fingerprint density at radius 2 is 2.04 bits per heavy atom. The first-order valence-corrected chi connectivity index (χ1v) is 8.77. The van der Waals surface area contributed by atoms with Crippen molar-refractivity contribution < 1.29 is 19.2 Å². The largest absolute Gasteiger partial charge is 0.449 e. The first-order valence-electron chi connectivity index (χ1n) is 7.89. The Labute approximate surface area is 154 Å². The van der Waals surface area contributed by atoms with E-state index in [9.17, 15) is 19.7 Å². The summed E-state index contributed by atoms with van der Waals surface area (Å²) < 4.78 is 5.04. The van der Waals surface area contributed by atoms with Crippen LogP contribution in [-0.2, 0) is 20.7 Å². The van der Waals surface area contributed by atoms with Crippen LogP contribution < -0.4 is 5.32 Å². The number of hydrogen-bond donors (Lipinski definition) is 1. The summed E-state index contributed by atoms with van der Waals surface area (Å²) in [4.78, 5) is 34.9. The predicted octanol–water partition coefficient (Wildman–Crippen LogP) is 2.96. The number of benzene rings is 1. The average Bonchev–Trinajstić information content (AvgIpc) is 3.13. The Kier molecular flexibility index (Phi) is 7.04. The quantitative estimate of drug-likeness (QED) is 0.331. The lowest BCUT2D eigenvalue weighted by atomic mass is 10.2. The zero-order chi connectivity index (χ0) is 18.9. The topological polar surface area (TPSA) is 98.5 Å². The molecule has 0 saturated carbocycles. The van der Waals surface area contributed by atoms with Gasteiger partial charge in [-0.1, -0.05) is 6.07 Å². The summed E-state index contributed by atoms with van der Waals surface area (Å²) in [6.45, 7) is 1.97. The van der Waals surface area contributed by atoms with Gasteiger partial charge < -0.3 is 10.1 Å². The van der Waals surface area contributed by atoms with Crippen molar-refractivity contribution in [1.82, 2.24) is 5.32 Å². The van der Waals surface area contributed by atoms with E-state index >= 15 is 0 Å². The average molecular weight is 374 g/mol. The fourth-order valence-electron chi connectivity index (χ4n) is 2.05. The number of nitrogens with zero attached hydrogens (tertiary/aromatic N) is 1. The molecule has 0 radical (unpaired) electrons. The third-order valence-corrected chi connectivity index (χ3v) is 4.36. The van der Waals surface area contributed by atoms with Gasteiger partial charge >= 0.3 is 5.97 Å². The molecule has 1 aromatic heterocycles. The summed E-state index contributed by atoms with van der Waals surface area (Å²) >= 11 is 1.62. The lowest BCUT2D eigenvalue weighted by molar-refractivity contribution is -0.384. The molecule has 0 bridgehead atoms. The molecule has 2 aromatic rings. The van der Waals surface area contributed by atoms with Crippen LogP contribution in [0.4, 0.5) is 5.69 Å². The summed E-state index contributed by atoms with van der Waals surface area (Å²) in [5.41, 5.74) is 0.582. The van der Waals surface area contributed by atoms with Crippen LogP contribution in [0.3, 0.4) is 0 Å². The first-order chi connectivity index (χ1) is 12.5. The minimum absolute atomic E-state index is 0.0300. The summed E-state index contributed by atoms with van der Waals surface area (Å²) in [6, 6.07) is 9.65. The maximum Gasteiger partial charge on any atom is 0.331 e. The minimum atomic E-state index is -0.910. The van der Waals surface area contributed by atoms with E-state index in [-0.39, 0.29) is 11.6 Å². The molecule has 1 atom stereocenters. The second-order valence-electron chi connectivity index (χ2n) is 5.38. The SMILES string of the molecule is C[C@@H](OC(=O)/C=C/c1ccc([N+](=O)[O-])cc1)C(=O)NCCc1cccs1. The third kappa shape index (κ3) is 6.14. The molecule has 1 N–H and O–H groups in total. The van der Waals surface area contributed by atoms with E-state index < -0.39 is 17.0 Å². The highest BCUT2D eigenvalue weighted by molar-refractivity contribution is 7.09. The molecule has 1 amide bonds. The van der Waals surface area contributed by atoms with E-state index in [2.05, 4.69) is 5.32 Å². The van der Waals surface area contributed by atoms with Crippen molar-refractivity contribution in [2.24, 2.45) is 0 Å². The van der Waals surface area contributed by atoms with Crippen molar-refractivity contribution >= 4 is 35.0 Å². The van der Waals surface area contributed by atoms with Crippen molar-refractivity contribution in [3.05, 3.63) is 68.4 Å². The van der Waals surface area contributed by atoms with Gasteiger partial charge in [-0.25, -0.2) is 4.79 Å². The smallest absolute Gasteiger partial charge is 0.331 e. The van der Waals surface area contributed by atoms with E-state index in [4.69, 9.17) is 4.74 Å². The Hall–Kier alpha value is -3.00. The number of rotatable bonds is 8. The lowest BCUT2D eigenvalue weighted by Gasteiger charge is -2.12. The number of nitrogens with one attached hydrogen (secondary N) is 1. The number of nitro benzene ring substituents is 1. The summed E-state index contributed by atoms with van der Waals surface area (Å²) in [7, 11) is 0. The van der Waals surface area contributed by atoms with Crippen LogP contribution in [0.5, 0.6) is 0 Å². The van der Waals surface area contributed by atoms with Gasteiger partial charge in [0, 0.05) is 29.6 Å². The second-order valence-corrected chi connectivity index (χ2v) is 6.41. The number of esters is 1. The maximum absolute atomic E-state index is 11.9. The number of carbonyl (C=O) groups excluding carboxylic acids is 2. The van der Waals surface area contributed by atoms with Gasteiger partial charge in [0.15, 0.2) is 6.10 Å². The van der Waals surface area contributed by atoms with Gasteiger partial charge in [-0.15, -0.1) is 11.3 Å². The molecule has 26 heavy (non-hydrogen) atoms. The van der Waals surface area contributed by atoms with Gasteiger partial charge in [0.25, 0.3) is 11.6 Å². The van der Waals surface area contributed by atoms with Crippen LogP contribution in [-0.4, -0.2) is 29.4 Å². The number of amides is 1. The molecule has 0 fully saturated rings. The molecule has 0 aliphatic heterocycles. The van der Waals surface area contributed by atoms with Crippen molar-refractivity contribution in [2.45, 2.75) is 19.4 Å². The van der Waals surface area contributed by atoms with Gasteiger partial charge in [-0.3, -0.25) is 14.9 Å². The van der Waals surface area contributed by atoms with Gasteiger partial charge in [-0.2, -0.15) is 0 Å². The summed E-state index contributed by atoms with van der Waals surface area (Å²) in [6.07, 6.45) is 2.46. The summed E-state index contributed by atoms with van der Waals surface area (Å²) in [5, 5.41) is 15.3. The number of ether oxygens (including phenoxy) is 1. The van der Waals surface area contributed by atoms with E-state index in [0.717, 1.165) is 6.42 Å². The molecule has 0 spiro atoms. The number of nitro groups is 1. The second kappa shape index (κ2) is 9.47. The van der Waals surface area contributed by atoms with E-state index in [1.807, 2.05) is 17.5 Å². The van der Waals surface area contributed by atoms with Gasteiger partial charge in [0.05, 0.1) is 4.92 Å². The number of thiophene rings is 1. The Bertz CT molecular complexity index is 784. The zero-order valence-corrected chi connectivity index (χ0v) is 14.9. The van der Waals surface area contributed by atoms with Crippen LogP contribution in [0.2, 0.25) is 0 Å². The molecular formula is C18H18N2O5S. The molecule has 136 valence electrons. The van der Waals surface area contributed by atoms with Gasteiger partial charge in [0.1, 0.15) is 0 Å². The fourth-order valence-corrected chi connectivity index (χ4v) is 2.75. The van der Waals surface area contributed by atoms with Gasteiger partial charge in [0.2, 0.25) is 0 Å². The van der Waals surface area contributed by atoms with Crippen molar-refractivity contribution in [3.8, 4) is 0 Å². The number of non-ortho nitro benzene ring substituents is 1. The monoisotopic (exact) mass is 374 g/mol. The van der Waals surface area contributed by atoms with Crippen LogP contribution in [0.15, 0.2) is 47.9 Å². The van der Waals surface area contributed by atoms with E-state index in [1.54, 1.807) is 11.3 Å². The van der Waals surface area contributed by atoms with Crippen molar-refractivity contribution in [2.75, 3.05) is 6.54 Å². The normalized spacial score (nSPS) is 11.9. The zero-order valence-electron chi connectivity index (χ0n) is 14.1. The van der Waals surface area contributed by atoms with E-state index in [0.29, 0.717) is 12.1 Å². The first kappa shape index (κ1) is 19.3. The molecule has 8 heteroatoms. The molecule has 7 nitrogen and oxygen atoms in total. The van der Waals surface area contributed by atoms with Crippen LogP contribution in [0.1, 0.15) is 17.4 Å². The molecule has 0 saturated heterocycles. The highest BCUT2D eigenvalue weighted by Crippen LogP contribution is 2.13. The molecular weight excluding hydrogens is 356 g/mol. The van der Waals surface area contributed by atoms with Crippen molar-refractivity contribution in [1.29, 1.82) is 0 Å². The molecule has 2 rings (SSSR count). The van der Waals surface area contributed by atoms with Crippen molar-refractivity contribution in [3.63, 3.8) is 0 Å².